The second-order valence-electron chi connectivity index (χ2n) is 4.17. The van der Waals surface area contributed by atoms with Crippen molar-refractivity contribution < 1.29 is 4.79 Å². The van der Waals surface area contributed by atoms with Gasteiger partial charge in [0, 0.05) is 10.7 Å². The van der Waals surface area contributed by atoms with Crippen molar-refractivity contribution in [1.82, 2.24) is 9.78 Å². The molecule has 2 aromatic rings. The maximum absolute atomic E-state index is 11.0. The van der Waals surface area contributed by atoms with Gasteiger partial charge in [-0.05, 0) is 24.1 Å². The van der Waals surface area contributed by atoms with E-state index in [-0.39, 0.29) is 5.92 Å². The fraction of sp³-hybridized carbons (Fsp3) is 0.231. The molecule has 0 unspecified atom stereocenters. The first-order valence-corrected chi connectivity index (χ1v) is 6.22. The Kier molecular flexibility index (Phi) is 3.43. The maximum Gasteiger partial charge on any atom is 0.153 e. The molecule has 0 aliphatic carbocycles. The first-order chi connectivity index (χ1) is 8.11. The molecule has 0 aliphatic rings. The van der Waals surface area contributed by atoms with Crippen molar-refractivity contribution in [3.63, 3.8) is 0 Å². The van der Waals surface area contributed by atoms with Crippen LogP contribution in [0.3, 0.4) is 0 Å². The van der Waals surface area contributed by atoms with Crippen molar-refractivity contribution >= 4 is 22.2 Å². The molecule has 0 N–H and O–H groups in total. The Balaban J connectivity index is 2.50. The van der Waals surface area contributed by atoms with Gasteiger partial charge in [0.1, 0.15) is 0 Å². The average molecular weight is 293 g/mol. The molecule has 0 amide bonds. The van der Waals surface area contributed by atoms with Crippen LogP contribution in [0.2, 0.25) is 0 Å². The zero-order chi connectivity index (χ0) is 12.4. The lowest BCUT2D eigenvalue weighted by Crippen LogP contribution is -1.97. The molecule has 0 saturated heterocycles. The molecule has 1 aromatic heterocycles. The third-order valence-electron chi connectivity index (χ3n) is 2.52. The number of halogens is 1. The summed E-state index contributed by atoms with van der Waals surface area (Å²) in [5, 5.41) is 4.46. The molecular formula is C13H13BrN2O. The smallest absolute Gasteiger partial charge is 0.153 e. The normalized spacial score (nSPS) is 10.8. The van der Waals surface area contributed by atoms with Crippen LogP contribution in [0, 0.1) is 0 Å². The van der Waals surface area contributed by atoms with E-state index in [1.165, 1.54) is 0 Å². The molecule has 0 fully saturated rings. The number of aldehydes is 1. The summed E-state index contributed by atoms with van der Waals surface area (Å²) in [7, 11) is 0. The van der Waals surface area contributed by atoms with Gasteiger partial charge in [-0.2, -0.15) is 5.10 Å². The van der Waals surface area contributed by atoms with Crippen LogP contribution < -0.4 is 0 Å². The van der Waals surface area contributed by atoms with Crippen molar-refractivity contribution in [2.45, 2.75) is 19.8 Å². The Morgan fingerprint density at radius 2 is 2.18 bits per heavy atom. The minimum Gasteiger partial charge on any atom is -0.298 e. The molecule has 0 radical (unpaired) electrons. The zero-order valence-electron chi connectivity index (χ0n) is 9.72. The van der Waals surface area contributed by atoms with Crippen LogP contribution in [0.25, 0.3) is 5.69 Å². The second kappa shape index (κ2) is 4.84. The highest BCUT2D eigenvalue weighted by Crippen LogP contribution is 2.20. The fourth-order valence-electron chi connectivity index (χ4n) is 1.69. The predicted molar refractivity (Wildman–Crippen MR) is 70.7 cm³/mol. The Morgan fingerprint density at radius 3 is 2.71 bits per heavy atom. The van der Waals surface area contributed by atoms with Crippen LogP contribution in [0.1, 0.15) is 35.8 Å². The quantitative estimate of drug-likeness (QED) is 0.811. The molecule has 88 valence electrons. The molecule has 1 aromatic carbocycles. The first kappa shape index (κ1) is 12.0. The van der Waals surface area contributed by atoms with Gasteiger partial charge in [0.2, 0.25) is 0 Å². The van der Waals surface area contributed by atoms with Gasteiger partial charge in [0.05, 0.1) is 16.9 Å². The van der Waals surface area contributed by atoms with Crippen molar-refractivity contribution in [3.05, 3.63) is 46.2 Å². The summed E-state index contributed by atoms with van der Waals surface area (Å²) in [6.45, 7) is 4.06. The molecule has 0 aliphatic heterocycles. The molecule has 1 heterocycles. The number of carbonyl (C=O) groups is 1. The van der Waals surface area contributed by atoms with Crippen LogP contribution >= 0.6 is 15.9 Å². The lowest BCUT2D eigenvalue weighted by atomic mass is 10.1. The van der Waals surface area contributed by atoms with Gasteiger partial charge < -0.3 is 0 Å². The van der Waals surface area contributed by atoms with Crippen LogP contribution in [0.5, 0.6) is 0 Å². The molecule has 17 heavy (non-hydrogen) atoms. The third-order valence-corrected chi connectivity index (χ3v) is 3.01. The van der Waals surface area contributed by atoms with Gasteiger partial charge in [-0.3, -0.25) is 4.79 Å². The summed E-state index contributed by atoms with van der Waals surface area (Å²) >= 11 is 3.42. The zero-order valence-corrected chi connectivity index (χ0v) is 11.3. The molecule has 4 heteroatoms. The highest BCUT2D eigenvalue weighted by atomic mass is 79.9. The number of benzene rings is 1. The maximum atomic E-state index is 11.0. The molecule has 2 rings (SSSR count). The van der Waals surface area contributed by atoms with Gasteiger partial charge in [-0.25, -0.2) is 4.68 Å². The Labute approximate surface area is 109 Å². The first-order valence-electron chi connectivity index (χ1n) is 5.42. The topological polar surface area (TPSA) is 34.9 Å². The summed E-state index contributed by atoms with van der Waals surface area (Å²) in [5.74, 6) is 0.239. The van der Waals surface area contributed by atoms with Crippen LogP contribution in [-0.4, -0.2) is 16.1 Å². The summed E-state index contributed by atoms with van der Waals surface area (Å²) in [5.41, 5.74) is 2.43. The van der Waals surface area contributed by atoms with E-state index in [9.17, 15) is 4.79 Å². The van der Waals surface area contributed by atoms with Crippen LogP contribution in [-0.2, 0) is 0 Å². The molecular weight excluding hydrogens is 280 g/mol. The van der Waals surface area contributed by atoms with Gasteiger partial charge in [0.15, 0.2) is 6.29 Å². The Hall–Kier alpha value is -1.42. The van der Waals surface area contributed by atoms with E-state index in [2.05, 4.69) is 21.0 Å². The van der Waals surface area contributed by atoms with Crippen molar-refractivity contribution in [2.75, 3.05) is 0 Å². The Bertz CT molecular complexity index is 546. The van der Waals surface area contributed by atoms with Gasteiger partial charge >= 0.3 is 0 Å². The minimum absolute atomic E-state index is 0.239. The Morgan fingerprint density at radius 1 is 1.41 bits per heavy atom. The number of hydrogen-bond donors (Lipinski definition) is 0. The largest absolute Gasteiger partial charge is 0.298 e. The van der Waals surface area contributed by atoms with E-state index in [1.807, 2.05) is 38.1 Å². The number of hydrogen-bond acceptors (Lipinski definition) is 2. The SMILES string of the molecule is CC(C)c1nn(-c2cccc(Br)c2)cc1C=O. The third kappa shape index (κ3) is 2.47. The standard InChI is InChI=1S/C13H13BrN2O/c1-9(2)13-10(8-17)7-16(15-13)12-5-3-4-11(14)6-12/h3-9H,1-2H3. The summed E-state index contributed by atoms with van der Waals surface area (Å²) in [6, 6.07) is 7.82. The van der Waals surface area contributed by atoms with Crippen LogP contribution in [0.15, 0.2) is 34.9 Å². The lowest BCUT2D eigenvalue weighted by molar-refractivity contribution is 0.112. The second-order valence-corrected chi connectivity index (χ2v) is 5.08. The number of aromatic nitrogens is 2. The summed E-state index contributed by atoms with van der Waals surface area (Å²) in [4.78, 5) is 11.0. The monoisotopic (exact) mass is 292 g/mol. The summed E-state index contributed by atoms with van der Waals surface area (Å²) < 4.78 is 2.73. The lowest BCUT2D eigenvalue weighted by Gasteiger charge is -2.02. The van der Waals surface area contributed by atoms with Crippen molar-refractivity contribution in [1.29, 1.82) is 0 Å². The molecule has 3 nitrogen and oxygen atoms in total. The molecule has 0 saturated carbocycles. The van der Waals surface area contributed by atoms with Crippen molar-refractivity contribution in [3.8, 4) is 5.69 Å². The van der Waals surface area contributed by atoms with Gasteiger partial charge in [-0.15, -0.1) is 0 Å². The van der Waals surface area contributed by atoms with Gasteiger partial charge in [-0.1, -0.05) is 35.8 Å². The van der Waals surface area contributed by atoms with Crippen LogP contribution in [0.4, 0.5) is 0 Å². The van der Waals surface area contributed by atoms with E-state index in [1.54, 1.807) is 10.9 Å². The number of nitrogens with zero attached hydrogens (tertiary/aromatic N) is 2. The molecule has 0 atom stereocenters. The van der Waals surface area contributed by atoms with Gasteiger partial charge in [0.25, 0.3) is 0 Å². The van der Waals surface area contributed by atoms with E-state index in [0.29, 0.717) is 5.56 Å². The van der Waals surface area contributed by atoms with E-state index in [4.69, 9.17) is 0 Å². The molecule has 0 bridgehead atoms. The van der Waals surface area contributed by atoms with E-state index in [0.717, 1.165) is 22.1 Å². The van der Waals surface area contributed by atoms with E-state index >= 15 is 0 Å². The number of rotatable bonds is 3. The molecule has 0 spiro atoms. The van der Waals surface area contributed by atoms with E-state index < -0.39 is 0 Å². The summed E-state index contributed by atoms with van der Waals surface area (Å²) in [6.07, 6.45) is 2.63. The predicted octanol–water partition coefficient (Wildman–Crippen LogP) is 3.57. The minimum atomic E-state index is 0.239. The fourth-order valence-corrected chi connectivity index (χ4v) is 2.08. The highest BCUT2D eigenvalue weighted by molar-refractivity contribution is 9.10. The average Bonchev–Trinajstić information content (AvgIpc) is 2.73. The van der Waals surface area contributed by atoms with Crippen molar-refractivity contribution in [2.24, 2.45) is 0 Å². The number of carbonyl (C=O) groups excluding carboxylic acids is 1. The highest BCUT2D eigenvalue weighted by Gasteiger charge is 2.12.